The fraction of sp³-hybridized carbons (Fsp3) is 0.280. The van der Waals surface area contributed by atoms with Crippen LogP contribution >= 0.6 is 0 Å². The van der Waals surface area contributed by atoms with Crippen molar-refractivity contribution in [3.63, 3.8) is 0 Å². The predicted octanol–water partition coefficient (Wildman–Crippen LogP) is 4.58. The third kappa shape index (κ3) is 5.77. The Morgan fingerprint density at radius 3 is 2.47 bits per heavy atom. The molecule has 0 spiro atoms. The number of benzene rings is 2. The summed E-state index contributed by atoms with van der Waals surface area (Å²) in [6, 6.07) is 9.84. The van der Waals surface area contributed by atoms with Gasteiger partial charge in [0.05, 0.1) is 42.8 Å². The van der Waals surface area contributed by atoms with E-state index in [1.165, 1.54) is 35.9 Å². The lowest BCUT2D eigenvalue weighted by molar-refractivity contribution is -0.138. The molecule has 1 atom stereocenters. The first-order valence-electron chi connectivity index (χ1n) is 11.3. The molecule has 13 heteroatoms. The molecule has 0 aliphatic heterocycles. The Morgan fingerprint density at radius 2 is 1.82 bits per heavy atom. The van der Waals surface area contributed by atoms with E-state index in [-0.39, 0.29) is 16.9 Å². The van der Waals surface area contributed by atoms with E-state index in [9.17, 15) is 26.4 Å². The van der Waals surface area contributed by atoms with Crippen LogP contribution in [0.3, 0.4) is 0 Å². The van der Waals surface area contributed by atoms with Crippen molar-refractivity contribution in [2.24, 2.45) is 0 Å². The van der Waals surface area contributed by atoms with Gasteiger partial charge in [-0.2, -0.15) is 13.2 Å². The van der Waals surface area contributed by atoms with Gasteiger partial charge in [0.1, 0.15) is 21.3 Å². The molecule has 202 valence electrons. The van der Waals surface area contributed by atoms with Crippen LogP contribution in [0.5, 0.6) is 23.0 Å². The number of sulfone groups is 1. The maximum atomic E-state index is 13.4. The maximum absolute atomic E-state index is 13.4. The van der Waals surface area contributed by atoms with Crippen LogP contribution in [0.1, 0.15) is 24.1 Å². The minimum absolute atomic E-state index is 0.0506. The molecule has 0 saturated heterocycles. The van der Waals surface area contributed by atoms with Gasteiger partial charge in [0, 0.05) is 12.3 Å². The monoisotopic (exact) mass is 551 g/mol. The Kier molecular flexibility index (Phi) is 7.40. The molecule has 0 amide bonds. The number of aromatic nitrogens is 3. The second-order valence-corrected chi connectivity index (χ2v) is 10.6. The van der Waals surface area contributed by atoms with Gasteiger partial charge in [0.15, 0.2) is 17.1 Å². The quantitative estimate of drug-likeness (QED) is 0.324. The van der Waals surface area contributed by atoms with Crippen molar-refractivity contribution in [1.82, 2.24) is 14.5 Å². The van der Waals surface area contributed by atoms with E-state index in [0.717, 1.165) is 18.5 Å². The fourth-order valence-corrected chi connectivity index (χ4v) is 4.95. The minimum atomic E-state index is -4.64. The van der Waals surface area contributed by atoms with E-state index < -0.39 is 44.8 Å². The van der Waals surface area contributed by atoms with Crippen LogP contribution in [0.25, 0.3) is 11.2 Å². The van der Waals surface area contributed by atoms with Gasteiger partial charge in [-0.25, -0.2) is 18.2 Å². The van der Waals surface area contributed by atoms with Crippen molar-refractivity contribution in [3.8, 4) is 23.0 Å². The average molecular weight is 552 g/mol. The number of imidazole rings is 1. The molecule has 4 rings (SSSR count). The molecule has 0 aliphatic carbocycles. The number of H-pyrrole nitrogens is 1. The summed E-state index contributed by atoms with van der Waals surface area (Å²) >= 11 is 0. The Hall–Kier alpha value is -4.00. The number of pyridine rings is 1. The topological polar surface area (TPSA) is 113 Å². The molecule has 2 heterocycles. The summed E-state index contributed by atoms with van der Waals surface area (Å²) in [5, 5.41) is 0. The molecule has 38 heavy (non-hydrogen) atoms. The highest BCUT2D eigenvalue weighted by Crippen LogP contribution is 2.38. The van der Waals surface area contributed by atoms with Crippen LogP contribution in [-0.4, -0.2) is 48.7 Å². The van der Waals surface area contributed by atoms with Gasteiger partial charge in [0.25, 0.3) is 0 Å². The number of hydrogen-bond acceptors (Lipinski definition) is 7. The van der Waals surface area contributed by atoms with Gasteiger partial charge in [-0.3, -0.25) is 4.57 Å². The molecule has 1 N–H and O–H groups in total. The molecule has 2 aromatic carbocycles. The first-order valence-corrected chi connectivity index (χ1v) is 13.4. The number of ether oxygens (including phenoxy) is 3. The Morgan fingerprint density at radius 1 is 1.08 bits per heavy atom. The number of halogens is 3. The van der Waals surface area contributed by atoms with Crippen molar-refractivity contribution in [3.05, 3.63) is 76.3 Å². The minimum Gasteiger partial charge on any atom is -0.493 e. The smallest absolute Gasteiger partial charge is 0.419 e. The van der Waals surface area contributed by atoms with E-state index in [4.69, 9.17) is 14.2 Å². The summed E-state index contributed by atoms with van der Waals surface area (Å²) in [6.07, 6.45) is -2.43. The molecular formula is C25H24F3N3O6S. The normalized spacial score (nSPS) is 12.9. The molecule has 0 aliphatic rings. The maximum Gasteiger partial charge on any atom is 0.419 e. The van der Waals surface area contributed by atoms with E-state index in [2.05, 4.69) is 9.97 Å². The predicted molar refractivity (Wildman–Crippen MR) is 134 cm³/mol. The summed E-state index contributed by atoms with van der Waals surface area (Å²) in [5.41, 5.74) is -0.946. The molecule has 4 aromatic rings. The van der Waals surface area contributed by atoms with Crippen LogP contribution < -0.4 is 19.9 Å². The lowest BCUT2D eigenvalue weighted by Gasteiger charge is -2.20. The number of rotatable bonds is 9. The SMILES string of the molecule is CCOc1cc([C@@H](CS(C)(=O)=O)n2c(=O)[nH]c3cc(Oc4ccccc4C(F)(F)F)cnc32)ccc1OC. The number of methoxy groups -OCH3 is 1. The first kappa shape index (κ1) is 27.0. The molecule has 2 aromatic heterocycles. The van der Waals surface area contributed by atoms with Gasteiger partial charge in [-0.05, 0) is 36.8 Å². The van der Waals surface area contributed by atoms with E-state index in [1.807, 2.05) is 0 Å². The second kappa shape index (κ2) is 10.4. The van der Waals surface area contributed by atoms with Gasteiger partial charge in [-0.15, -0.1) is 0 Å². The van der Waals surface area contributed by atoms with Gasteiger partial charge < -0.3 is 19.2 Å². The number of aromatic amines is 1. The number of para-hydroxylation sites is 1. The van der Waals surface area contributed by atoms with Crippen molar-refractivity contribution in [2.75, 3.05) is 25.7 Å². The third-order valence-corrected chi connectivity index (χ3v) is 6.52. The Labute approximate surface area is 215 Å². The molecular weight excluding hydrogens is 527 g/mol. The highest BCUT2D eigenvalue weighted by atomic mass is 32.2. The van der Waals surface area contributed by atoms with Crippen LogP contribution in [0.15, 0.2) is 59.5 Å². The lowest BCUT2D eigenvalue weighted by atomic mass is 10.1. The third-order valence-electron chi connectivity index (χ3n) is 5.60. The summed E-state index contributed by atoms with van der Waals surface area (Å²) in [5.74, 6) is -0.119. The highest BCUT2D eigenvalue weighted by Gasteiger charge is 2.34. The molecule has 0 bridgehead atoms. The Bertz CT molecular complexity index is 1630. The highest BCUT2D eigenvalue weighted by molar-refractivity contribution is 7.90. The standard InChI is InChI=1S/C25H24F3N3O6S/c1-4-36-22-11-15(9-10-21(22)35-2)19(14-38(3,33)34)31-23-18(30-24(31)32)12-16(13-29-23)37-20-8-6-5-7-17(20)25(26,27)28/h5-13,19H,4,14H2,1-3H3,(H,30,32)/t19-/m1/s1. The average Bonchev–Trinajstić information content (AvgIpc) is 3.16. The number of nitrogens with one attached hydrogen (secondary N) is 1. The molecule has 0 saturated carbocycles. The second-order valence-electron chi connectivity index (χ2n) is 8.39. The van der Waals surface area contributed by atoms with E-state index >= 15 is 0 Å². The van der Waals surface area contributed by atoms with Crippen molar-refractivity contribution >= 4 is 21.0 Å². The van der Waals surface area contributed by atoms with Crippen molar-refractivity contribution in [1.29, 1.82) is 0 Å². The zero-order valence-corrected chi connectivity index (χ0v) is 21.4. The summed E-state index contributed by atoms with van der Waals surface area (Å²) in [7, 11) is -2.13. The van der Waals surface area contributed by atoms with Crippen LogP contribution in [0.4, 0.5) is 13.2 Å². The number of hydrogen-bond donors (Lipinski definition) is 1. The summed E-state index contributed by atoms with van der Waals surface area (Å²) < 4.78 is 82.3. The van der Waals surface area contributed by atoms with E-state index in [0.29, 0.717) is 23.7 Å². The zero-order chi connectivity index (χ0) is 27.7. The van der Waals surface area contributed by atoms with Crippen LogP contribution in [0, 0.1) is 0 Å². The first-order chi connectivity index (χ1) is 17.9. The Balaban J connectivity index is 1.80. The molecule has 0 unspecified atom stereocenters. The van der Waals surface area contributed by atoms with Gasteiger partial charge in [0.2, 0.25) is 0 Å². The van der Waals surface area contributed by atoms with Gasteiger partial charge >= 0.3 is 11.9 Å². The van der Waals surface area contributed by atoms with E-state index in [1.54, 1.807) is 25.1 Å². The number of alkyl halides is 3. The lowest BCUT2D eigenvalue weighted by Crippen LogP contribution is -2.28. The summed E-state index contributed by atoms with van der Waals surface area (Å²) in [6.45, 7) is 2.10. The van der Waals surface area contributed by atoms with Crippen LogP contribution in [0.2, 0.25) is 0 Å². The fourth-order valence-electron chi connectivity index (χ4n) is 4.03. The molecule has 9 nitrogen and oxygen atoms in total. The summed E-state index contributed by atoms with van der Waals surface area (Å²) in [4.78, 5) is 19.9. The molecule has 0 radical (unpaired) electrons. The molecule has 0 fully saturated rings. The number of fused-ring (bicyclic) bond motifs is 1. The largest absolute Gasteiger partial charge is 0.493 e. The van der Waals surface area contributed by atoms with Crippen molar-refractivity contribution < 1.29 is 35.8 Å². The van der Waals surface area contributed by atoms with Crippen molar-refractivity contribution in [2.45, 2.75) is 19.1 Å². The van der Waals surface area contributed by atoms with Gasteiger partial charge in [-0.1, -0.05) is 18.2 Å². The number of nitrogens with zero attached hydrogens (tertiary/aromatic N) is 2. The zero-order valence-electron chi connectivity index (χ0n) is 20.6. The van der Waals surface area contributed by atoms with Crippen LogP contribution in [-0.2, 0) is 16.0 Å².